The summed E-state index contributed by atoms with van der Waals surface area (Å²) in [6.45, 7) is 3.65. The first kappa shape index (κ1) is 8.10. The highest BCUT2D eigenvalue weighted by molar-refractivity contribution is 5.58. The fraction of sp³-hybridized carbons (Fsp3) is 0.300. The molecular weight excluding hydrogens is 168 g/mol. The summed E-state index contributed by atoms with van der Waals surface area (Å²) in [6, 6.07) is 1.73. The van der Waals surface area contributed by atoms with E-state index in [0.717, 1.165) is 0 Å². The summed E-state index contributed by atoms with van der Waals surface area (Å²) in [5.74, 6) is 1.19. The second-order valence-electron chi connectivity index (χ2n) is 3.10. The minimum Gasteiger partial charge on any atom is -0.486 e. The van der Waals surface area contributed by atoms with Gasteiger partial charge < -0.3 is 9.15 Å². The van der Waals surface area contributed by atoms with E-state index in [2.05, 4.69) is 0 Å². The van der Waals surface area contributed by atoms with Crippen molar-refractivity contribution >= 4 is 6.08 Å². The molecule has 1 aromatic rings. The second kappa shape index (κ2) is 2.76. The molecule has 0 saturated heterocycles. The van der Waals surface area contributed by atoms with Crippen molar-refractivity contribution in [3.63, 3.8) is 0 Å². The van der Waals surface area contributed by atoms with Gasteiger partial charge in [-0.15, -0.1) is 0 Å². The number of hydrogen-bond acceptors (Lipinski definition) is 3. The molecule has 3 heteroatoms. The van der Waals surface area contributed by atoms with Crippen LogP contribution in [0.5, 0.6) is 5.75 Å². The molecule has 0 N–H and O–H groups in total. The van der Waals surface area contributed by atoms with Crippen LogP contribution in [0.15, 0.2) is 21.4 Å². The van der Waals surface area contributed by atoms with Gasteiger partial charge in [-0.1, -0.05) is 0 Å². The molecule has 1 unspecified atom stereocenters. The van der Waals surface area contributed by atoms with Crippen LogP contribution < -0.4 is 10.4 Å². The van der Waals surface area contributed by atoms with Gasteiger partial charge in [0, 0.05) is 6.07 Å². The van der Waals surface area contributed by atoms with Crippen molar-refractivity contribution in [3.8, 4) is 5.75 Å². The first-order chi connectivity index (χ1) is 6.16. The minimum atomic E-state index is -0.335. The van der Waals surface area contributed by atoms with Crippen molar-refractivity contribution in [1.29, 1.82) is 0 Å². The molecule has 2 rings (SSSR count). The zero-order valence-corrected chi connectivity index (χ0v) is 7.53. The highest BCUT2D eigenvalue weighted by Gasteiger charge is 2.15. The van der Waals surface area contributed by atoms with Gasteiger partial charge in [-0.25, -0.2) is 4.79 Å². The number of hydrogen-bond donors (Lipinski definition) is 0. The van der Waals surface area contributed by atoms with Crippen molar-refractivity contribution in [3.05, 3.63) is 33.9 Å². The lowest BCUT2D eigenvalue weighted by Crippen LogP contribution is -2.17. The molecule has 1 atom stereocenters. The van der Waals surface area contributed by atoms with Crippen LogP contribution in [0.2, 0.25) is 0 Å². The predicted molar refractivity (Wildman–Crippen MR) is 48.8 cm³/mol. The van der Waals surface area contributed by atoms with Crippen LogP contribution in [0.4, 0.5) is 0 Å². The average molecular weight is 178 g/mol. The molecular formula is C10H10O3. The molecule has 0 saturated carbocycles. The molecule has 13 heavy (non-hydrogen) atoms. The summed E-state index contributed by atoms with van der Waals surface area (Å²) in [7, 11) is 0. The summed E-state index contributed by atoms with van der Waals surface area (Å²) in [5.41, 5.74) is 0.168. The smallest absolute Gasteiger partial charge is 0.346 e. The van der Waals surface area contributed by atoms with Gasteiger partial charge in [0.1, 0.15) is 23.2 Å². The number of aryl methyl sites for hydroxylation is 1. The van der Waals surface area contributed by atoms with E-state index in [1.807, 2.05) is 13.0 Å². The van der Waals surface area contributed by atoms with E-state index < -0.39 is 0 Å². The predicted octanol–water partition coefficient (Wildman–Crippen LogP) is 1.74. The summed E-state index contributed by atoms with van der Waals surface area (Å²) in [5, 5.41) is 0. The van der Waals surface area contributed by atoms with Gasteiger partial charge in [-0.3, -0.25) is 0 Å². The van der Waals surface area contributed by atoms with E-state index in [9.17, 15) is 4.79 Å². The van der Waals surface area contributed by atoms with E-state index in [4.69, 9.17) is 9.15 Å². The standard InChI is InChI=1S/C10H10O3/c1-6-3-4-8-9(12-6)5-7(2)13-10(8)11/h3-6H,1-2H3. The third-order valence-electron chi connectivity index (χ3n) is 1.92. The Kier molecular flexibility index (Phi) is 1.72. The highest BCUT2D eigenvalue weighted by atomic mass is 16.5. The van der Waals surface area contributed by atoms with Gasteiger partial charge in [-0.2, -0.15) is 0 Å². The van der Waals surface area contributed by atoms with Crippen LogP contribution in [0, 0.1) is 6.92 Å². The molecule has 1 aromatic heterocycles. The number of ether oxygens (including phenoxy) is 1. The van der Waals surface area contributed by atoms with Gasteiger partial charge in [-0.05, 0) is 26.0 Å². The first-order valence-corrected chi connectivity index (χ1v) is 4.16. The van der Waals surface area contributed by atoms with Gasteiger partial charge in [0.25, 0.3) is 0 Å². The molecule has 0 fully saturated rings. The zero-order valence-electron chi connectivity index (χ0n) is 7.53. The van der Waals surface area contributed by atoms with Gasteiger partial charge >= 0.3 is 5.63 Å². The van der Waals surface area contributed by atoms with E-state index in [1.54, 1.807) is 19.1 Å². The van der Waals surface area contributed by atoms with Crippen molar-refractivity contribution in [2.24, 2.45) is 0 Å². The van der Waals surface area contributed by atoms with Crippen LogP contribution in [0.1, 0.15) is 18.2 Å². The van der Waals surface area contributed by atoms with E-state index in [0.29, 0.717) is 17.1 Å². The van der Waals surface area contributed by atoms with Crippen LogP contribution in [0.25, 0.3) is 6.08 Å². The van der Waals surface area contributed by atoms with Gasteiger partial charge in [0.05, 0.1) is 0 Å². The molecule has 68 valence electrons. The molecule has 0 radical (unpaired) electrons. The lowest BCUT2D eigenvalue weighted by molar-refractivity contribution is 0.261. The second-order valence-corrected chi connectivity index (χ2v) is 3.10. The Morgan fingerprint density at radius 2 is 2.23 bits per heavy atom. The topological polar surface area (TPSA) is 39.4 Å². The van der Waals surface area contributed by atoms with E-state index in [1.165, 1.54) is 0 Å². The largest absolute Gasteiger partial charge is 0.486 e. The third kappa shape index (κ3) is 1.37. The fourth-order valence-electron chi connectivity index (χ4n) is 1.31. The molecule has 0 spiro atoms. The monoisotopic (exact) mass is 178 g/mol. The van der Waals surface area contributed by atoms with Crippen LogP contribution >= 0.6 is 0 Å². The summed E-state index contributed by atoms with van der Waals surface area (Å²) < 4.78 is 10.4. The maximum absolute atomic E-state index is 11.3. The quantitative estimate of drug-likeness (QED) is 0.607. The number of fused-ring (bicyclic) bond motifs is 1. The molecule has 0 aliphatic carbocycles. The Bertz CT molecular complexity index is 415. The van der Waals surface area contributed by atoms with Crippen LogP contribution in [0.3, 0.4) is 0 Å². The van der Waals surface area contributed by atoms with E-state index >= 15 is 0 Å². The van der Waals surface area contributed by atoms with Gasteiger partial charge in [0.2, 0.25) is 0 Å². The Morgan fingerprint density at radius 1 is 1.46 bits per heavy atom. The van der Waals surface area contributed by atoms with Crippen molar-refractivity contribution in [2.45, 2.75) is 20.0 Å². The van der Waals surface area contributed by atoms with Crippen LogP contribution in [-0.4, -0.2) is 6.10 Å². The third-order valence-corrected chi connectivity index (χ3v) is 1.92. The molecule has 0 bridgehead atoms. The zero-order chi connectivity index (χ0) is 9.42. The highest BCUT2D eigenvalue weighted by Crippen LogP contribution is 2.23. The Labute approximate surface area is 75.6 Å². The lowest BCUT2D eigenvalue weighted by atomic mass is 10.1. The normalized spacial score (nSPS) is 19.4. The Balaban J connectivity index is 2.63. The summed E-state index contributed by atoms with van der Waals surface area (Å²) >= 11 is 0. The van der Waals surface area contributed by atoms with Crippen molar-refractivity contribution < 1.29 is 9.15 Å². The van der Waals surface area contributed by atoms with Crippen LogP contribution in [-0.2, 0) is 0 Å². The number of rotatable bonds is 0. The summed E-state index contributed by atoms with van der Waals surface area (Å²) in [4.78, 5) is 11.3. The maximum Gasteiger partial charge on any atom is 0.346 e. The molecule has 0 amide bonds. The SMILES string of the molecule is Cc1cc2c(c(=O)o1)C=CC(C)O2. The Hall–Kier alpha value is -1.51. The minimum absolute atomic E-state index is 0.0219. The van der Waals surface area contributed by atoms with Gasteiger partial charge in [0.15, 0.2) is 0 Å². The molecule has 2 heterocycles. The van der Waals surface area contributed by atoms with Crippen molar-refractivity contribution in [1.82, 2.24) is 0 Å². The van der Waals surface area contributed by atoms with E-state index in [-0.39, 0.29) is 11.7 Å². The molecule has 1 aliphatic heterocycles. The molecule has 0 aromatic carbocycles. The lowest BCUT2D eigenvalue weighted by Gasteiger charge is -2.16. The first-order valence-electron chi connectivity index (χ1n) is 4.16. The molecule has 3 nitrogen and oxygen atoms in total. The Morgan fingerprint density at radius 3 is 3.00 bits per heavy atom. The maximum atomic E-state index is 11.3. The summed E-state index contributed by atoms with van der Waals surface area (Å²) in [6.07, 6.45) is 3.59. The fourth-order valence-corrected chi connectivity index (χ4v) is 1.31. The van der Waals surface area contributed by atoms with Crippen molar-refractivity contribution in [2.75, 3.05) is 0 Å². The molecule has 1 aliphatic rings. The average Bonchev–Trinajstić information content (AvgIpc) is 2.02.